The lowest BCUT2D eigenvalue weighted by atomic mass is 10.2. The smallest absolute Gasteiger partial charge is 0.328 e. The van der Waals surface area contributed by atoms with Gasteiger partial charge in [0.05, 0.1) is 7.11 Å². The normalized spacial score (nSPS) is 10.9. The van der Waals surface area contributed by atoms with Crippen LogP contribution in [0.5, 0.6) is 11.5 Å². The van der Waals surface area contributed by atoms with Gasteiger partial charge < -0.3 is 14.6 Å². The fourth-order valence-electron chi connectivity index (χ4n) is 1.23. The van der Waals surface area contributed by atoms with Gasteiger partial charge in [-0.1, -0.05) is 6.07 Å². The molecule has 0 aromatic heterocycles. The summed E-state index contributed by atoms with van der Waals surface area (Å²) in [5.41, 5.74) is 0.568. The van der Waals surface area contributed by atoms with Gasteiger partial charge >= 0.3 is 5.97 Å². The maximum Gasteiger partial charge on any atom is 0.328 e. The van der Waals surface area contributed by atoms with Gasteiger partial charge in [0.2, 0.25) is 0 Å². The summed E-state index contributed by atoms with van der Waals surface area (Å²) in [5.74, 6) is -0.625. The summed E-state index contributed by atoms with van der Waals surface area (Å²) >= 11 is 0. The van der Waals surface area contributed by atoms with Crippen molar-refractivity contribution in [1.29, 1.82) is 0 Å². The maximum absolute atomic E-state index is 12.0. The molecule has 6 heteroatoms. The Morgan fingerprint density at radius 3 is 2.72 bits per heavy atom. The molecule has 1 aromatic rings. The van der Waals surface area contributed by atoms with Crippen LogP contribution in [0.2, 0.25) is 0 Å². The molecule has 0 heterocycles. The average molecular weight is 258 g/mol. The van der Waals surface area contributed by atoms with Crippen molar-refractivity contribution in [1.82, 2.24) is 0 Å². The molecule has 0 atom stereocenters. The van der Waals surface area contributed by atoms with E-state index in [1.54, 1.807) is 6.07 Å². The van der Waals surface area contributed by atoms with E-state index in [4.69, 9.17) is 14.6 Å². The van der Waals surface area contributed by atoms with E-state index in [9.17, 15) is 13.6 Å². The summed E-state index contributed by atoms with van der Waals surface area (Å²) in [4.78, 5) is 10.3. The molecule has 1 aromatic carbocycles. The highest BCUT2D eigenvalue weighted by Crippen LogP contribution is 2.28. The predicted molar refractivity (Wildman–Crippen MR) is 61.2 cm³/mol. The third-order valence-electron chi connectivity index (χ3n) is 1.97. The van der Waals surface area contributed by atoms with Gasteiger partial charge in [-0.3, -0.25) is 0 Å². The largest absolute Gasteiger partial charge is 0.493 e. The lowest BCUT2D eigenvalue weighted by Gasteiger charge is -2.10. The Bertz CT molecular complexity index is 444. The van der Waals surface area contributed by atoms with Gasteiger partial charge in [-0.2, -0.15) is 0 Å². The van der Waals surface area contributed by atoms with Crippen LogP contribution in [0.3, 0.4) is 0 Å². The van der Waals surface area contributed by atoms with Crippen molar-refractivity contribution in [3.05, 3.63) is 29.8 Å². The fourth-order valence-corrected chi connectivity index (χ4v) is 1.23. The molecular formula is C12H12F2O4. The van der Waals surface area contributed by atoms with Crippen molar-refractivity contribution in [2.45, 2.75) is 6.43 Å². The van der Waals surface area contributed by atoms with Crippen molar-refractivity contribution < 1.29 is 28.2 Å². The van der Waals surface area contributed by atoms with E-state index < -0.39 is 19.0 Å². The van der Waals surface area contributed by atoms with E-state index in [0.717, 1.165) is 6.08 Å². The Hall–Kier alpha value is -2.11. The van der Waals surface area contributed by atoms with E-state index in [-0.39, 0.29) is 11.5 Å². The number of rotatable bonds is 6. The Morgan fingerprint density at radius 2 is 2.17 bits per heavy atom. The highest BCUT2D eigenvalue weighted by molar-refractivity contribution is 5.85. The van der Waals surface area contributed by atoms with E-state index in [2.05, 4.69) is 0 Å². The molecule has 0 fully saturated rings. The molecule has 18 heavy (non-hydrogen) atoms. The first-order chi connectivity index (χ1) is 8.52. The van der Waals surface area contributed by atoms with Crippen molar-refractivity contribution >= 4 is 12.0 Å². The van der Waals surface area contributed by atoms with E-state index in [1.165, 1.54) is 25.3 Å². The van der Waals surface area contributed by atoms with Gasteiger partial charge in [0.25, 0.3) is 6.43 Å². The molecule has 0 unspecified atom stereocenters. The van der Waals surface area contributed by atoms with Gasteiger partial charge in [-0.25, -0.2) is 13.6 Å². The Balaban J connectivity index is 2.85. The number of ether oxygens (including phenoxy) is 2. The summed E-state index contributed by atoms with van der Waals surface area (Å²) in [6.45, 7) is -0.722. The summed E-state index contributed by atoms with van der Waals surface area (Å²) in [6.07, 6.45) is -0.239. The monoisotopic (exact) mass is 258 g/mol. The third-order valence-corrected chi connectivity index (χ3v) is 1.97. The number of hydrogen-bond donors (Lipinski definition) is 1. The van der Waals surface area contributed by atoms with E-state index in [1.807, 2.05) is 0 Å². The number of halogens is 2. The molecular weight excluding hydrogens is 246 g/mol. The number of aliphatic carboxylic acids is 1. The van der Waals surface area contributed by atoms with Crippen molar-refractivity contribution in [3.63, 3.8) is 0 Å². The standard InChI is InChI=1S/C12H12F2O4/c1-17-10-6-8(3-5-12(15)16)2-4-9(10)18-7-11(13)14/h2-6,11H,7H2,1H3,(H,15,16)/b5-3+. The van der Waals surface area contributed by atoms with Gasteiger partial charge in [0, 0.05) is 6.08 Å². The first kappa shape index (κ1) is 14.0. The number of alkyl halides is 2. The van der Waals surface area contributed by atoms with Gasteiger partial charge in [-0.15, -0.1) is 0 Å². The number of carbonyl (C=O) groups is 1. The number of carboxylic acid groups (broad SMARTS) is 1. The molecule has 0 saturated heterocycles. The highest BCUT2D eigenvalue weighted by atomic mass is 19.3. The summed E-state index contributed by atoms with van der Waals surface area (Å²) in [6, 6.07) is 4.49. The Labute approximate surface area is 102 Å². The second kappa shape index (κ2) is 6.58. The van der Waals surface area contributed by atoms with Gasteiger partial charge in [0.15, 0.2) is 11.5 Å². The molecule has 0 aliphatic rings. The number of benzene rings is 1. The van der Waals surface area contributed by atoms with Crippen molar-refractivity contribution in [2.75, 3.05) is 13.7 Å². The summed E-state index contributed by atoms with van der Waals surface area (Å²) in [5, 5.41) is 8.48. The van der Waals surface area contributed by atoms with Crippen LogP contribution in [0, 0.1) is 0 Å². The maximum atomic E-state index is 12.0. The molecule has 0 aliphatic heterocycles. The zero-order chi connectivity index (χ0) is 13.5. The van der Waals surface area contributed by atoms with Crippen LogP contribution in [-0.2, 0) is 4.79 Å². The zero-order valence-corrected chi connectivity index (χ0v) is 9.60. The third kappa shape index (κ3) is 4.40. The van der Waals surface area contributed by atoms with Crippen molar-refractivity contribution in [3.8, 4) is 11.5 Å². The van der Waals surface area contributed by atoms with Crippen LogP contribution in [0.4, 0.5) is 8.78 Å². The Kier molecular flexibility index (Phi) is 5.10. The number of carboxylic acids is 1. The molecule has 0 aliphatic carbocycles. The van der Waals surface area contributed by atoms with Gasteiger partial charge in [-0.05, 0) is 23.8 Å². The lowest BCUT2D eigenvalue weighted by Crippen LogP contribution is -2.07. The summed E-state index contributed by atoms with van der Waals surface area (Å²) < 4.78 is 33.8. The average Bonchev–Trinajstić information content (AvgIpc) is 2.34. The lowest BCUT2D eigenvalue weighted by molar-refractivity contribution is -0.131. The zero-order valence-electron chi connectivity index (χ0n) is 9.60. The molecule has 0 spiro atoms. The van der Waals surface area contributed by atoms with E-state index in [0.29, 0.717) is 5.56 Å². The van der Waals surface area contributed by atoms with Crippen LogP contribution in [0.15, 0.2) is 24.3 Å². The summed E-state index contributed by atoms with van der Waals surface area (Å²) in [7, 11) is 1.37. The fraction of sp³-hybridized carbons (Fsp3) is 0.250. The van der Waals surface area contributed by atoms with E-state index >= 15 is 0 Å². The van der Waals surface area contributed by atoms with Gasteiger partial charge in [0.1, 0.15) is 6.61 Å². The minimum absolute atomic E-state index is 0.185. The molecule has 0 bridgehead atoms. The quantitative estimate of drug-likeness (QED) is 0.796. The SMILES string of the molecule is COc1cc(/C=C/C(=O)O)ccc1OCC(F)F. The molecule has 1 N–H and O–H groups in total. The minimum Gasteiger partial charge on any atom is -0.493 e. The molecule has 0 radical (unpaired) electrons. The second-order valence-corrected chi connectivity index (χ2v) is 3.28. The van der Waals surface area contributed by atoms with Crippen molar-refractivity contribution in [2.24, 2.45) is 0 Å². The molecule has 4 nitrogen and oxygen atoms in total. The Morgan fingerprint density at radius 1 is 1.44 bits per heavy atom. The first-order valence-corrected chi connectivity index (χ1v) is 5.03. The second-order valence-electron chi connectivity index (χ2n) is 3.28. The van der Waals surface area contributed by atoms with Crippen LogP contribution in [0.25, 0.3) is 6.08 Å². The molecule has 0 amide bonds. The number of methoxy groups -OCH3 is 1. The topological polar surface area (TPSA) is 55.8 Å². The molecule has 98 valence electrons. The predicted octanol–water partition coefficient (Wildman–Crippen LogP) is 2.44. The van der Waals surface area contributed by atoms with Crippen LogP contribution >= 0.6 is 0 Å². The molecule has 1 rings (SSSR count). The number of hydrogen-bond acceptors (Lipinski definition) is 3. The highest BCUT2D eigenvalue weighted by Gasteiger charge is 2.08. The minimum atomic E-state index is -2.57. The van der Waals surface area contributed by atoms with Crippen LogP contribution < -0.4 is 9.47 Å². The van der Waals surface area contributed by atoms with Crippen LogP contribution in [0.1, 0.15) is 5.56 Å². The first-order valence-electron chi connectivity index (χ1n) is 5.03. The molecule has 0 saturated carbocycles. The van der Waals surface area contributed by atoms with Crippen LogP contribution in [-0.4, -0.2) is 31.2 Å².